The van der Waals surface area contributed by atoms with Crippen LogP contribution in [0.3, 0.4) is 0 Å². The fourth-order valence-electron chi connectivity index (χ4n) is 2.49. The Balaban J connectivity index is 3.15. The molecule has 0 aliphatic rings. The zero-order valence-corrected chi connectivity index (χ0v) is 14.1. The molecule has 116 valence electrons. The molecular weight excluding hydrogens is 230 g/mol. The van der Waals surface area contributed by atoms with Crippen LogP contribution in [-0.2, 0) is 0 Å². The summed E-state index contributed by atoms with van der Waals surface area (Å²) in [5.41, 5.74) is 6.11. The van der Waals surface area contributed by atoms with E-state index >= 15 is 0 Å². The fraction of sp³-hybridized carbons (Fsp3) is 1.00. The highest BCUT2D eigenvalue weighted by Gasteiger charge is 2.19. The average Bonchev–Trinajstić information content (AvgIpc) is 2.34. The molecule has 0 radical (unpaired) electrons. The lowest BCUT2D eigenvalue weighted by atomic mass is 9.86. The maximum Gasteiger partial charge on any atom is 0.0123 e. The predicted molar refractivity (Wildman–Crippen MR) is 88.5 cm³/mol. The summed E-state index contributed by atoms with van der Waals surface area (Å²) in [6, 6.07) is 0. The van der Waals surface area contributed by atoms with Crippen molar-refractivity contribution in [1.82, 2.24) is 0 Å². The van der Waals surface area contributed by atoms with Crippen molar-refractivity contribution < 1.29 is 0 Å². The SMILES string of the molecule is CCCCCCCCCCCCCC(C)C(C)(C)N. The predicted octanol–water partition coefficient (Wildman–Crippen LogP) is 6.06. The van der Waals surface area contributed by atoms with Crippen LogP contribution >= 0.6 is 0 Å². The molecule has 0 aliphatic carbocycles. The van der Waals surface area contributed by atoms with Gasteiger partial charge in [-0.15, -0.1) is 0 Å². The summed E-state index contributed by atoms with van der Waals surface area (Å²) >= 11 is 0. The van der Waals surface area contributed by atoms with Gasteiger partial charge in [0.05, 0.1) is 0 Å². The summed E-state index contributed by atoms with van der Waals surface area (Å²) in [5.74, 6) is 0.645. The first-order valence-electron chi connectivity index (χ1n) is 8.77. The Morgan fingerprint density at radius 1 is 0.737 bits per heavy atom. The zero-order chi connectivity index (χ0) is 14.6. The topological polar surface area (TPSA) is 26.0 Å². The molecule has 0 aromatic heterocycles. The largest absolute Gasteiger partial charge is 0.325 e. The first-order valence-corrected chi connectivity index (χ1v) is 8.77. The van der Waals surface area contributed by atoms with Gasteiger partial charge in [0.15, 0.2) is 0 Å². The Hall–Kier alpha value is -0.0400. The van der Waals surface area contributed by atoms with Crippen molar-refractivity contribution in [2.45, 2.75) is 110 Å². The highest BCUT2D eigenvalue weighted by Crippen LogP contribution is 2.20. The molecule has 1 unspecified atom stereocenters. The van der Waals surface area contributed by atoms with Crippen LogP contribution in [0.1, 0.15) is 105 Å². The van der Waals surface area contributed by atoms with Crippen LogP contribution in [0.4, 0.5) is 0 Å². The van der Waals surface area contributed by atoms with Gasteiger partial charge in [0, 0.05) is 5.54 Å². The summed E-state index contributed by atoms with van der Waals surface area (Å²) in [5, 5.41) is 0. The van der Waals surface area contributed by atoms with Gasteiger partial charge >= 0.3 is 0 Å². The standard InChI is InChI=1S/C18H39N/c1-5-6-7-8-9-10-11-12-13-14-15-16-17(2)18(3,4)19/h17H,5-16,19H2,1-4H3. The van der Waals surface area contributed by atoms with E-state index in [-0.39, 0.29) is 5.54 Å². The molecule has 0 aromatic carbocycles. The molecule has 0 amide bonds. The third-order valence-corrected chi connectivity index (χ3v) is 4.51. The monoisotopic (exact) mass is 269 g/mol. The van der Waals surface area contributed by atoms with Crippen molar-refractivity contribution in [1.29, 1.82) is 0 Å². The van der Waals surface area contributed by atoms with Gasteiger partial charge in [0.2, 0.25) is 0 Å². The molecule has 0 fully saturated rings. The molecule has 0 heterocycles. The molecular formula is C18H39N. The Bertz CT molecular complexity index is 181. The van der Waals surface area contributed by atoms with Crippen LogP contribution in [0.5, 0.6) is 0 Å². The Labute approximate surface area is 122 Å². The van der Waals surface area contributed by atoms with Gasteiger partial charge in [-0.3, -0.25) is 0 Å². The molecule has 19 heavy (non-hydrogen) atoms. The van der Waals surface area contributed by atoms with Crippen LogP contribution in [0.25, 0.3) is 0 Å². The highest BCUT2D eigenvalue weighted by atomic mass is 14.7. The van der Waals surface area contributed by atoms with E-state index in [1.807, 2.05) is 0 Å². The highest BCUT2D eigenvalue weighted by molar-refractivity contribution is 4.78. The maximum atomic E-state index is 6.11. The molecule has 0 saturated heterocycles. The Morgan fingerprint density at radius 3 is 1.47 bits per heavy atom. The van der Waals surface area contributed by atoms with E-state index < -0.39 is 0 Å². The van der Waals surface area contributed by atoms with Crippen LogP contribution < -0.4 is 5.73 Å². The second kappa shape index (κ2) is 11.8. The summed E-state index contributed by atoms with van der Waals surface area (Å²) < 4.78 is 0. The number of rotatable bonds is 13. The second-order valence-electron chi connectivity index (χ2n) is 7.05. The van der Waals surface area contributed by atoms with Gasteiger partial charge in [-0.25, -0.2) is 0 Å². The van der Waals surface area contributed by atoms with Crippen molar-refractivity contribution in [2.24, 2.45) is 11.7 Å². The lowest BCUT2D eigenvalue weighted by molar-refractivity contribution is 0.316. The van der Waals surface area contributed by atoms with Crippen LogP contribution in [0, 0.1) is 5.92 Å². The van der Waals surface area contributed by atoms with Crippen molar-refractivity contribution >= 4 is 0 Å². The van der Waals surface area contributed by atoms with E-state index in [9.17, 15) is 0 Å². The van der Waals surface area contributed by atoms with E-state index in [4.69, 9.17) is 5.73 Å². The number of hydrogen-bond acceptors (Lipinski definition) is 1. The average molecular weight is 270 g/mol. The van der Waals surface area contributed by atoms with Gasteiger partial charge in [0.1, 0.15) is 0 Å². The lowest BCUT2D eigenvalue weighted by Crippen LogP contribution is -2.39. The number of hydrogen-bond donors (Lipinski definition) is 1. The maximum absolute atomic E-state index is 6.11. The van der Waals surface area contributed by atoms with Gasteiger partial charge in [-0.05, 0) is 26.2 Å². The minimum Gasteiger partial charge on any atom is -0.325 e. The van der Waals surface area contributed by atoms with Gasteiger partial charge in [-0.2, -0.15) is 0 Å². The molecule has 0 saturated carbocycles. The van der Waals surface area contributed by atoms with E-state index in [1.54, 1.807) is 0 Å². The molecule has 1 nitrogen and oxygen atoms in total. The van der Waals surface area contributed by atoms with E-state index in [1.165, 1.54) is 77.0 Å². The molecule has 1 atom stereocenters. The quantitative estimate of drug-likeness (QED) is 0.404. The minimum absolute atomic E-state index is 0.00150. The molecule has 0 rings (SSSR count). The first-order chi connectivity index (χ1) is 8.98. The van der Waals surface area contributed by atoms with Gasteiger partial charge < -0.3 is 5.73 Å². The molecule has 0 aromatic rings. The normalized spacial score (nSPS) is 13.7. The molecule has 0 bridgehead atoms. The minimum atomic E-state index is -0.00150. The third-order valence-electron chi connectivity index (χ3n) is 4.51. The van der Waals surface area contributed by atoms with Gasteiger partial charge in [-0.1, -0.05) is 84.5 Å². The second-order valence-corrected chi connectivity index (χ2v) is 7.05. The number of nitrogens with two attached hydrogens (primary N) is 1. The van der Waals surface area contributed by atoms with Gasteiger partial charge in [0.25, 0.3) is 0 Å². The van der Waals surface area contributed by atoms with Crippen LogP contribution in [-0.4, -0.2) is 5.54 Å². The Kier molecular flexibility index (Phi) is 11.7. The fourth-order valence-corrected chi connectivity index (χ4v) is 2.49. The van der Waals surface area contributed by atoms with E-state index in [0.717, 1.165) is 0 Å². The summed E-state index contributed by atoms with van der Waals surface area (Å²) in [4.78, 5) is 0. The summed E-state index contributed by atoms with van der Waals surface area (Å²) in [7, 11) is 0. The number of unbranched alkanes of at least 4 members (excludes halogenated alkanes) is 10. The van der Waals surface area contributed by atoms with Crippen molar-refractivity contribution in [3.05, 3.63) is 0 Å². The first kappa shape index (κ1) is 19.0. The van der Waals surface area contributed by atoms with E-state index in [0.29, 0.717) is 5.92 Å². The smallest absolute Gasteiger partial charge is 0.0123 e. The zero-order valence-electron chi connectivity index (χ0n) is 14.1. The van der Waals surface area contributed by atoms with Crippen molar-refractivity contribution in [2.75, 3.05) is 0 Å². The van der Waals surface area contributed by atoms with Crippen molar-refractivity contribution in [3.63, 3.8) is 0 Å². The molecule has 0 spiro atoms. The summed E-state index contributed by atoms with van der Waals surface area (Å²) in [6.07, 6.45) is 17.0. The molecule has 1 heteroatoms. The Morgan fingerprint density at radius 2 is 1.11 bits per heavy atom. The van der Waals surface area contributed by atoms with Crippen LogP contribution in [0.15, 0.2) is 0 Å². The molecule has 0 aliphatic heterocycles. The van der Waals surface area contributed by atoms with Crippen LogP contribution in [0.2, 0.25) is 0 Å². The molecule has 2 N–H and O–H groups in total. The lowest BCUT2D eigenvalue weighted by Gasteiger charge is -2.27. The van der Waals surface area contributed by atoms with E-state index in [2.05, 4.69) is 27.7 Å². The third kappa shape index (κ3) is 12.7. The van der Waals surface area contributed by atoms with Crippen molar-refractivity contribution in [3.8, 4) is 0 Å². The summed E-state index contributed by atoms with van der Waals surface area (Å²) in [6.45, 7) is 8.87.